The first kappa shape index (κ1) is 12.0. The van der Waals surface area contributed by atoms with Crippen LogP contribution >= 0.6 is 0 Å². The van der Waals surface area contributed by atoms with Crippen molar-refractivity contribution in [3.63, 3.8) is 0 Å². The maximum Gasteiger partial charge on any atom is 0.141 e. The van der Waals surface area contributed by atoms with Crippen LogP contribution in [0.1, 0.15) is 31.5 Å². The highest BCUT2D eigenvalue weighted by Gasteiger charge is 2.25. The van der Waals surface area contributed by atoms with Crippen LogP contribution in [0.25, 0.3) is 0 Å². The molecule has 4 heteroatoms. The van der Waals surface area contributed by atoms with Gasteiger partial charge in [0.25, 0.3) is 0 Å². The Labute approximate surface area is 102 Å². The van der Waals surface area contributed by atoms with E-state index in [1.807, 2.05) is 12.1 Å². The molecule has 0 radical (unpaired) electrons. The molecule has 2 heterocycles. The summed E-state index contributed by atoms with van der Waals surface area (Å²) in [5.41, 5.74) is 7.21. The Hall–Kier alpha value is -1.42. The third kappa shape index (κ3) is 2.82. The lowest BCUT2D eigenvalue weighted by molar-refractivity contribution is 0.256. The maximum atomic E-state index is 7.39. The topological polar surface area (TPSA) is 66.0 Å². The van der Waals surface area contributed by atoms with Gasteiger partial charge in [-0.25, -0.2) is 0 Å². The lowest BCUT2D eigenvalue weighted by Crippen LogP contribution is -2.26. The Morgan fingerprint density at radius 3 is 2.94 bits per heavy atom. The van der Waals surface area contributed by atoms with E-state index in [1.54, 1.807) is 6.20 Å². The summed E-state index contributed by atoms with van der Waals surface area (Å²) in [5, 5.41) is 7.39. The van der Waals surface area contributed by atoms with E-state index in [4.69, 9.17) is 11.1 Å². The van der Waals surface area contributed by atoms with Crippen molar-refractivity contribution in [3.05, 3.63) is 29.6 Å². The molecule has 0 amide bonds. The zero-order chi connectivity index (χ0) is 12.4. The van der Waals surface area contributed by atoms with Gasteiger partial charge in [-0.15, -0.1) is 0 Å². The molecule has 1 aromatic rings. The summed E-state index contributed by atoms with van der Waals surface area (Å²) in [6.45, 7) is 6.65. The van der Waals surface area contributed by atoms with Gasteiger partial charge in [0.1, 0.15) is 11.5 Å². The van der Waals surface area contributed by atoms with Gasteiger partial charge in [0.05, 0.1) is 0 Å². The second-order valence-corrected chi connectivity index (χ2v) is 5.08. The summed E-state index contributed by atoms with van der Waals surface area (Å²) in [6, 6.07) is 4.55. The Morgan fingerprint density at radius 1 is 1.59 bits per heavy atom. The van der Waals surface area contributed by atoms with Crippen molar-refractivity contribution in [2.75, 3.05) is 6.54 Å². The molecular weight excluding hydrogens is 212 g/mol. The van der Waals surface area contributed by atoms with Crippen molar-refractivity contribution >= 4 is 5.84 Å². The molecule has 0 saturated carbocycles. The van der Waals surface area contributed by atoms with E-state index in [-0.39, 0.29) is 5.84 Å². The predicted octanol–water partition coefficient (Wildman–Crippen LogP) is 1.60. The van der Waals surface area contributed by atoms with E-state index in [2.05, 4.69) is 23.7 Å². The van der Waals surface area contributed by atoms with Crippen molar-refractivity contribution < 1.29 is 0 Å². The number of rotatable bonds is 3. The largest absolute Gasteiger partial charge is 0.382 e. The molecule has 2 rings (SSSR count). The van der Waals surface area contributed by atoms with E-state index in [1.165, 1.54) is 12.0 Å². The minimum absolute atomic E-state index is 0.0367. The van der Waals surface area contributed by atoms with Crippen LogP contribution in [-0.2, 0) is 6.54 Å². The average Bonchev–Trinajstić information content (AvgIpc) is 2.58. The SMILES string of the molecule is CC1CC(C)N(Cc2ccnc(C(=N)N)c2)C1. The predicted molar refractivity (Wildman–Crippen MR) is 68.9 cm³/mol. The fourth-order valence-electron chi connectivity index (χ4n) is 2.56. The third-order valence-electron chi connectivity index (χ3n) is 3.40. The van der Waals surface area contributed by atoms with Gasteiger partial charge in [-0.2, -0.15) is 0 Å². The number of likely N-dealkylation sites (tertiary alicyclic amines) is 1. The lowest BCUT2D eigenvalue weighted by Gasteiger charge is -2.21. The van der Waals surface area contributed by atoms with Crippen LogP contribution in [0, 0.1) is 11.3 Å². The van der Waals surface area contributed by atoms with Crippen LogP contribution in [0.2, 0.25) is 0 Å². The van der Waals surface area contributed by atoms with Crippen molar-refractivity contribution in [1.82, 2.24) is 9.88 Å². The number of hydrogen-bond acceptors (Lipinski definition) is 3. The van der Waals surface area contributed by atoms with Crippen LogP contribution in [0.4, 0.5) is 0 Å². The molecular formula is C13H20N4. The molecule has 17 heavy (non-hydrogen) atoms. The summed E-state index contributed by atoms with van der Waals surface area (Å²) in [5.74, 6) is 0.814. The maximum absolute atomic E-state index is 7.39. The van der Waals surface area contributed by atoms with Crippen LogP contribution < -0.4 is 5.73 Å². The quantitative estimate of drug-likeness (QED) is 0.614. The second-order valence-electron chi connectivity index (χ2n) is 5.08. The molecule has 1 aliphatic rings. The summed E-state index contributed by atoms with van der Waals surface area (Å²) in [7, 11) is 0. The molecule has 4 nitrogen and oxygen atoms in total. The van der Waals surface area contributed by atoms with E-state index in [9.17, 15) is 0 Å². The summed E-state index contributed by atoms with van der Waals surface area (Å²) in [6.07, 6.45) is 3.00. The molecule has 2 unspecified atom stereocenters. The number of aromatic nitrogens is 1. The molecule has 0 aromatic carbocycles. The van der Waals surface area contributed by atoms with Crippen LogP contribution in [-0.4, -0.2) is 28.3 Å². The molecule has 2 atom stereocenters. The first-order valence-corrected chi connectivity index (χ1v) is 6.09. The molecule has 3 N–H and O–H groups in total. The number of nitrogens with one attached hydrogen (secondary N) is 1. The standard InChI is InChI=1S/C13H20N4/c1-9-5-10(2)17(7-9)8-11-3-4-16-12(6-11)13(14)15/h3-4,6,9-10H,5,7-8H2,1-2H3,(H3,14,15). The number of nitrogen functional groups attached to an aromatic ring is 1. The van der Waals surface area contributed by atoms with E-state index < -0.39 is 0 Å². The molecule has 1 saturated heterocycles. The Balaban J connectivity index is 2.08. The fourth-order valence-corrected chi connectivity index (χ4v) is 2.56. The highest BCUT2D eigenvalue weighted by molar-refractivity contribution is 5.93. The van der Waals surface area contributed by atoms with Crippen LogP contribution in [0.15, 0.2) is 18.3 Å². The van der Waals surface area contributed by atoms with Gasteiger partial charge >= 0.3 is 0 Å². The number of nitrogens with two attached hydrogens (primary N) is 1. The van der Waals surface area contributed by atoms with Crippen molar-refractivity contribution in [2.24, 2.45) is 11.7 Å². The molecule has 1 aliphatic heterocycles. The number of hydrogen-bond donors (Lipinski definition) is 2. The zero-order valence-electron chi connectivity index (χ0n) is 10.5. The Kier molecular flexibility index (Phi) is 3.43. The highest BCUT2D eigenvalue weighted by Crippen LogP contribution is 2.24. The van der Waals surface area contributed by atoms with E-state index >= 15 is 0 Å². The fraction of sp³-hybridized carbons (Fsp3) is 0.538. The normalized spacial score (nSPS) is 25.1. The third-order valence-corrected chi connectivity index (χ3v) is 3.40. The summed E-state index contributed by atoms with van der Waals surface area (Å²) < 4.78 is 0. The van der Waals surface area contributed by atoms with Crippen molar-refractivity contribution in [3.8, 4) is 0 Å². The second kappa shape index (κ2) is 4.84. The van der Waals surface area contributed by atoms with Crippen LogP contribution in [0.3, 0.4) is 0 Å². The molecule has 0 aliphatic carbocycles. The van der Waals surface area contributed by atoms with E-state index in [0.29, 0.717) is 11.7 Å². The van der Waals surface area contributed by atoms with Gasteiger partial charge in [0.15, 0.2) is 0 Å². The summed E-state index contributed by atoms with van der Waals surface area (Å²) in [4.78, 5) is 6.56. The van der Waals surface area contributed by atoms with Gasteiger partial charge in [-0.3, -0.25) is 15.3 Å². The minimum Gasteiger partial charge on any atom is -0.382 e. The van der Waals surface area contributed by atoms with Crippen LogP contribution in [0.5, 0.6) is 0 Å². The molecule has 0 bridgehead atoms. The molecule has 0 spiro atoms. The molecule has 1 aromatic heterocycles. The first-order valence-electron chi connectivity index (χ1n) is 6.09. The zero-order valence-corrected chi connectivity index (χ0v) is 10.5. The smallest absolute Gasteiger partial charge is 0.141 e. The molecule has 1 fully saturated rings. The average molecular weight is 232 g/mol. The Bertz CT molecular complexity index is 416. The Morgan fingerprint density at radius 2 is 2.35 bits per heavy atom. The van der Waals surface area contributed by atoms with E-state index in [0.717, 1.165) is 19.0 Å². The van der Waals surface area contributed by atoms with Gasteiger partial charge in [0, 0.05) is 25.3 Å². The van der Waals surface area contributed by atoms with Crippen molar-refractivity contribution in [1.29, 1.82) is 5.41 Å². The minimum atomic E-state index is 0.0367. The highest BCUT2D eigenvalue weighted by atomic mass is 15.2. The van der Waals surface area contributed by atoms with Gasteiger partial charge < -0.3 is 5.73 Å². The molecule has 92 valence electrons. The number of pyridine rings is 1. The lowest BCUT2D eigenvalue weighted by atomic mass is 10.1. The summed E-state index contributed by atoms with van der Waals surface area (Å²) >= 11 is 0. The number of amidine groups is 1. The number of nitrogens with zero attached hydrogens (tertiary/aromatic N) is 2. The van der Waals surface area contributed by atoms with Crippen molar-refractivity contribution in [2.45, 2.75) is 32.9 Å². The first-order chi connectivity index (χ1) is 8.06. The van der Waals surface area contributed by atoms with Gasteiger partial charge in [-0.05, 0) is 37.0 Å². The monoisotopic (exact) mass is 232 g/mol. The van der Waals surface area contributed by atoms with Gasteiger partial charge in [0.2, 0.25) is 0 Å². The van der Waals surface area contributed by atoms with Gasteiger partial charge in [-0.1, -0.05) is 6.92 Å².